The van der Waals surface area contributed by atoms with Crippen LogP contribution in [-0.4, -0.2) is 24.6 Å². The largest absolute Gasteiger partial charge is 0.385 e. The summed E-state index contributed by atoms with van der Waals surface area (Å²) in [5.41, 5.74) is 1.80. The fraction of sp³-hybridized carbons (Fsp3) is 0.500. The molecule has 78 valence electrons. The fourth-order valence-corrected chi connectivity index (χ4v) is 1.84. The summed E-state index contributed by atoms with van der Waals surface area (Å²) in [4.78, 5) is 10.8. The van der Waals surface area contributed by atoms with Crippen LogP contribution in [0.1, 0.15) is 22.6 Å². The zero-order valence-electron chi connectivity index (χ0n) is 8.42. The predicted octanol–water partition coefficient (Wildman–Crippen LogP) is 2.41. The van der Waals surface area contributed by atoms with Gasteiger partial charge in [-0.05, 0) is 35.3 Å². The molecular weight excluding hydrogens is 246 g/mol. The van der Waals surface area contributed by atoms with E-state index in [1.165, 1.54) is 0 Å². The van der Waals surface area contributed by atoms with Gasteiger partial charge in [0.05, 0.1) is 5.69 Å². The molecule has 0 spiro atoms. The van der Waals surface area contributed by atoms with Crippen LogP contribution in [0.4, 0.5) is 0 Å². The molecule has 1 rings (SSSR count). The Morgan fingerprint density at radius 2 is 2.36 bits per heavy atom. The van der Waals surface area contributed by atoms with Gasteiger partial charge in [-0.25, -0.2) is 0 Å². The Balaban J connectivity index is 2.77. The fourth-order valence-electron chi connectivity index (χ4n) is 1.40. The van der Waals surface area contributed by atoms with Crippen molar-refractivity contribution >= 4 is 22.2 Å². The third-order valence-electron chi connectivity index (χ3n) is 2.19. The molecule has 0 aliphatic rings. The number of hydrogen-bond donors (Lipinski definition) is 0. The van der Waals surface area contributed by atoms with E-state index >= 15 is 0 Å². The maximum Gasteiger partial charge on any atom is 0.166 e. The highest BCUT2D eigenvalue weighted by atomic mass is 79.9. The van der Waals surface area contributed by atoms with Crippen molar-refractivity contribution in [3.63, 3.8) is 0 Å². The molecule has 3 nitrogen and oxygen atoms in total. The van der Waals surface area contributed by atoms with E-state index in [-0.39, 0.29) is 0 Å². The van der Waals surface area contributed by atoms with Crippen molar-refractivity contribution in [2.75, 3.05) is 13.7 Å². The first-order valence-corrected chi connectivity index (χ1v) is 5.29. The summed E-state index contributed by atoms with van der Waals surface area (Å²) in [7, 11) is 1.68. The number of ether oxygens (including phenoxy) is 1. The van der Waals surface area contributed by atoms with E-state index in [1.807, 2.05) is 17.6 Å². The molecule has 0 fully saturated rings. The Morgan fingerprint density at radius 1 is 1.64 bits per heavy atom. The molecule has 0 aliphatic carbocycles. The van der Waals surface area contributed by atoms with Gasteiger partial charge in [-0.3, -0.25) is 4.79 Å². The normalized spacial score (nSPS) is 10.5. The molecule has 1 heterocycles. The van der Waals surface area contributed by atoms with Crippen LogP contribution < -0.4 is 0 Å². The molecular formula is C10H14BrNO2. The number of hydrogen-bond acceptors (Lipinski definition) is 2. The molecule has 0 unspecified atom stereocenters. The Bertz CT molecular complexity index is 320. The second-order valence-corrected chi connectivity index (χ2v) is 3.97. The number of carbonyl (C=O) groups excluding carboxylic acids is 1. The number of aldehydes is 1. The van der Waals surface area contributed by atoms with E-state index in [0.29, 0.717) is 12.3 Å². The summed E-state index contributed by atoms with van der Waals surface area (Å²) in [6.07, 6.45) is 1.80. The van der Waals surface area contributed by atoms with Crippen LogP contribution in [0.25, 0.3) is 0 Å². The van der Waals surface area contributed by atoms with Crippen LogP contribution in [0.15, 0.2) is 10.5 Å². The summed E-state index contributed by atoms with van der Waals surface area (Å²) >= 11 is 3.41. The monoisotopic (exact) mass is 259 g/mol. The van der Waals surface area contributed by atoms with Gasteiger partial charge in [-0.15, -0.1) is 0 Å². The SMILES string of the molecule is COCCCn1c(C=O)cc(Br)c1C. The maximum atomic E-state index is 10.8. The maximum absolute atomic E-state index is 10.8. The van der Waals surface area contributed by atoms with E-state index in [0.717, 1.165) is 29.4 Å². The van der Waals surface area contributed by atoms with Crippen LogP contribution in [0.3, 0.4) is 0 Å². The number of nitrogens with zero attached hydrogens (tertiary/aromatic N) is 1. The standard InChI is InChI=1S/C10H14BrNO2/c1-8-10(11)6-9(7-13)12(8)4-3-5-14-2/h6-7H,3-5H2,1-2H3. The molecule has 0 saturated heterocycles. The van der Waals surface area contributed by atoms with Gasteiger partial charge >= 0.3 is 0 Å². The molecule has 0 aromatic carbocycles. The van der Waals surface area contributed by atoms with Crippen LogP contribution in [0.2, 0.25) is 0 Å². The summed E-state index contributed by atoms with van der Waals surface area (Å²) in [6, 6.07) is 1.84. The molecule has 0 amide bonds. The van der Waals surface area contributed by atoms with Gasteiger partial charge in [0.15, 0.2) is 6.29 Å². The lowest BCUT2D eigenvalue weighted by Crippen LogP contribution is -2.06. The highest BCUT2D eigenvalue weighted by Gasteiger charge is 2.08. The summed E-state index contributed by atoms with van der Waals surface area (Å²) in [6.45, 7) is 3.52. The van der Waals surface area contributed by atoms with Crippen LogP contribution in [-0.2, 0) is 11.3 Å². The van der Waals surface area contributed by atoms with E-state index in [4.69, 9.17) is 4.74 Å². The van der Waals surface area contributed by atoms with Gasteiger partial charge in [0.2, 0.25) is 0 Å². The molecule has 0 bridgehead atoms. The molecule has 0 atom stereocenters. The van der Waals surface area contributed by atoms with Crippen LogP contribution >= 0.6 is 15.9 Å². The zero-order valence-corrected chi connectivity index (χ0v) is 10.0. The second kappa shape index (κ2) is 5.32. The predicted molar refractivity (Wildman–Crippen MR) is 58.7 cm³/mol. The number of carbonyl (C=O) groups is 1. The number of aromatic nitrogens is 1. The van der Waals surface area contributed by atoms with Crippen molar-refractivity contribution in [1.29, 1.82) is 0 Å². The third-order valence-corrected chi connectivity index (χ3v) is 2.99. The Morgan fingerprint density at radius 3 is 2.93 bits per heavy atom. The van der Waals surface area contributed by atoms with E-state index in [2.05, 4.69) is 15.9 Å². The first kappa shape index (κ1) is 11.5. The van der Waals surface area contributed by atoms with Gasteiger partial charge in [-0.2, -0.15) is 0 Å². The number of halogens is 1. The minimum atomic E-state index is 0.713. The Kier molecular flexibility index (Phi) is 4.35. The number of methoxy groups -OCH3 is 1. The van der Waals surface area contributed by atoms with Crippen LogP contribution in [0.5, 0.6) is 0 Å². The van der Waals surface area contributed by atoms with E-state index < -0.39 is 0 Å². The number of rotatable bonds is 5. The molecule has 0 aliphatic heterocycles. The zero-order chi connectivity index (χ0) is 10.6. The molecule has 4 heteroatoms. The van der Waals surface area contributed by atoms with E-state index in [9.17, 15) is 4.79 Å². The minimum absolute atomic E-state index is 0.713. The van der Waals surface area contributed by atoms with E-state index in [1.54, 1.807) is 7.11 Å². The average molecular weight is 260 g/mol. The first-order chi connectivity index (χ1) is 6.70. The highest BCUT2D eigenvalue weighted by Crippen LogP contribution is 2.20. The molecule has 1 aromatic rings. The van der Waals surface area contributed by atoms with Crippen molar-refractivity contribution in [3.8, 4) is 0 Å². The first-order valence-electron chi connectivity index (χ1n) is 4.50. The van der Waals surface area contributed by atoms with Crippen molar-refractivity contribution in [1.82, 2.24) is 4.57 Å². The summed E-state index contributed by atoms with van der Waals surface area (Å²) in [5.74, 6) is 0. The summed E-state index contributed by atoms with van der Waals surface area (Å²) < 4.78 is 7.95. The topological polar surface area (TPSA) is 31.2 Å². The third kappa shape index (κ3) is 2.45. The smallest absolute Gasteiger partial charge is 0.166 e. The molecule has 0 N–H and O–H groups in total. The van der Waals surface area contributed by atoms with Gasteiger partial charge in [0.25, 0.3) is 0 Å². The lowest BCUT2D eigenvalue weighted by molar-refractivity contribution is 0.111. The Hall–Kier alpha value is -0.610. The molecule has 0 saturated carbocycles. The van der Waals surface area contributed by atoms with Gasteiger partial charge in [0.1, 0.15) is 0 Å². The second-order valence-electron chi connectivity index (χ2n) is 3.12. The van der Waals surface area contributed by atoms with Crippen molar-refractivity contribution in [2.45, 2.75) is 19.9 Å². The molecule has 14 heavy (non-hydrogen) atoms. The van der Waals surface area contributed by atoms with Crippen molar-refractivity contribution in [3.05, 3.63) is 21.9 Å². The van der Waals surface area contributed by atoms with Crippen LogP contribution in [0, 0.1) is 6.92 Å². The van der Waals surface area contributed by atoms with Gasteiger partial charge in [0, 0.05) is 30.4 Å². The highest BCUT2D eigenvalue weighted by molar-refractivity contribution is 9.10. The van der Waals surface area contributed by atoms with Gasteiger partial charge < -0.3 is 9.30 Å². The Labute approximate surface area is 92.2 Å². The lowest BCUT2D eigenvalue weighted by Gasteiger charge is -2.07. The summed E-state index contributed by atoms with van der Waals surface area (Å²) in [5, 5.41) is 0. The minimum Gasteiger partial charge on any atom is -0.385 e. The lowest BCUT2D eigenvalue weighted by atomic mass is 10.4. The molecule has 0 radical (unpaired) electrons. The average Bonchev–Trinajstić information content (AvgIpc) is 2.45. The molecule has 1 aromatic heterocycles. The van der Waals surface area contributed by atoms with Gasteiger partial charge in [-0.1, -0.05) is 0 Å². The quantitative estimate of drug-likeness (QED) is 0.601. The van der Waals surface area contributed by atoms with Crippen molar-refractivity contribution < 1.29 is 9.53 Å². The van der Waals surface area contributed by atoms with Crippen molar-refractivity contribution in [2.24, 2.45) is 0 Å².